The summed E-state index contributed by atoms with van der Waals surface area (Å²) in [4.78, 5) is 11.2. The standard InChI is InChI=1S/C16H23NO2/c1-11(2)7-14(16(18)19)10-17-15-8-12-5-3-4-6-13(12)9-15/h3-6,11,14-15,17H,7-10H2,1-2H3,(H,18,19). The minimum atomic E-state index is -0.684. The molecule has 1 aromatic carbocycles. The SMILES string of the molecule is CC(C)CC(CNC1Cc2ccccc2C1)C(=O)O. The lowest BCUT2D eigenvalue weighted by atomic mass is 9.97. The third-order valence-electron chi connectivity index (χ3n) is 3.81. The number of benzene rings is 1. The van der Waals surface area contributed by atoms with Gasteiger partial charge in [-0.05, 0) is 36.3 Å². The van der Waals surface area contributed by atoms with Gasteiger partial charge in [0.15, 0.2) is 0 Å². The van der Waals surface area contributed by atoms with Gasteiger partial charge in [0, 0.05) is 12.6 Å². The molecule has 0 spiro atoms. The summed E-state index contributed by atoms with van der Waals surface area (Å²) in [6.07, 6.45) is 2.77. The molecule has 1 aliphatic rings. The maximum atomic E-state index is 11.2. The van der Waals surface area contributed by atoms with Crippen molar-refractivity contribution < 1.29 is 9.90 Å². The Morgan fingerprint density at radius 2 is 1.89 bits per heavy atom. The van der Waals surface area contributed by atoms with Gasteiger partial charge in [-0.15, -0.1) is 0 Å². The normalized spacial score (nSPS) is 16.6. The van der Waals surface area contributed by atoms with Gasteiger partial charge in [-0.25, -0.2) is 0 Å². The van der Waals surface area contributed by atoms with Gasteiger partial charge in [0.2, 0.25) is 0 Å². The molecule has 1 atom stereocenters. The van der Waals surface area contributed by atoms with Crippen LogP contribution in [0.4, 0.5) is 0 Å². The Hall–Kier alpha value is -1.35. The number of rotatable bonds is 6. The minimum absolute atomic E-state index is 0.274. The van der Waals surface area contributed by atoms with Gasteiger partial charge in [0.1, 0.15) is 0 Å². The van der Waals surface area contributed by atoms with Gasteiger partial charge < -0.3 is 10.4 Å². The van der Waals surface area contributed by atoms with Crippen molar-refractivity contribution in [1.29, 1.82) is 0 Å². The first-order valence-electron chi connectivity index (χ1n) is 7.09. The van der Waals surface area contributed by atoms with E-state index in [1.54, 1.807) is 0 Å². The first-order chi connectivity index (χ1) is 9.06. The Morgan fingerprint density at radius 3 is 2.37 bits per heavy atom. The van der Waals surface area contributed by atoms with Gasteiger partial charge in [0.25, 0.3) is 0 Å². The molecule has 0 amide bonds. The second-order valence-corrected chi connectivity index (χ2v) is 5.95. The number of nitrogens with one attached hydrogen (secondary N) is 1. The second-order valence-electron chi connectivity index (χ2n) is 5.95. The zero-order valence-electron chi connectivity index (χ0n) is 11.7. The van der Waals surface area contributed by atoms with Crippen molar-refractivity contribution in [3.63, 3.8) is 0 Å². The van der Waals surface area contributed by atoms with E-state index in [1.807, 2.05) is 0 Å². The van der Waals surface area contributed by atoms with E-state index in [0.717, 1.165) is 19.3 Å². The summed E-state index contributed by atoms with van der Waals surface area (Å²) in [7, 11) is 0. The Kier molecular flexibility index (Phi) is 4.59. The van der Waals surface area contributed by atoms with Crippen molar-refractivity contribution in [2.75, 3.05) is 6.54 Å². The fourth-order valence-electron chi connectivity index (χ4n) is 2.85. The molecule has 3 heteroatoms. The van der Waals surface area contributed by atoms with Gasteiger partial charge in [-0.3, -0.25) is 4.79 Å². The van der Waals surface area contributed by atoms with Crippen LogP contribution in [0.1, 0.15) is 31.4 Å². The summed E-state index contributed by atoms with van der Waals surface area (Å²) in [5.41, 5.74) is 2.80. The highest BCUT2D eigenvalue weighted by molar-refractivity contribution is 5.70. The largest absolute Gasteiger partial charge is 0.481 e. The summed E-state index contributed by atoms with van der Waals surface area (Å²) in [6.45, 7) is 4.72. The summed E-state index contributed by atoms with van der Waals surface area (Å²) >= 11 is 0. The predicted octanol–water partition coefficient (Wildman–Crippen LogP) is 2.49. The molecule has 0 aliphatic heterocycles. The molecule has 2 N–H and O–H groups in total. The molecule has 3 nitrogen and oxygen atoms in total. The van der Waals surface area contributed by atoms with Crippen molar-refractivity contribution in [3.8, 4) is 0 Å². The monoisotopic (exact) mass is 261 g/mol. The summed E-state index contributed by atoms with van der Waals surface area (Å²) in [5, 5.41) is 12.7. The molecule has 0 heterocycles. The fourth-order valence-corrected chi connectivity index (χ4v) is 2.85. The van der Waals surface area contributed by atoms with Crippen molar-refractivity contribution in [3.05, 3.63) is 35.4 Å². The molecule has 0 aromatic heterocycles. The molecule has 0 saturated heterocycles. The maximum absolute atomic E-state index is 11.2. The third kappa shape index (κ3) is 3.80. The molecule has 0 radical (unpaired) electrons. The Morgan fingerprint density at radius 1 is 1.32 bits per heavy atom. The van der Waals surface area contributed by atoms with Gasteiger partial charge >= 0.3 is 5.97 Å². The summed E-state index contributed by atoms with van der Waals surface area (Å²) < 4.78 is 0. The molecule has 2 rings (SSSR count). The van der Waals surface area contributed by atoms with Gasteiger partial charge in [0.05, 0.1) is 5.92 Å². The van der Waals surface area contributed by atoms with Crippen LogP contribution in [-0.2, 0) is 17.6 Å². The van der Waals surface area contributed by atoms with Crippen molar-refractivity contribution in [2.24, 2.45) is 11.8 Å². The number of carbonyl (C=O) groups is 1. The number of aliphatic carboxylic acids is 1. The predicted molar refractivity (Wildman–Crippen MR) is 76.2 cm³/mol. The van der Waals surface area contributed by atoms with Crippen LogP contribution in [0.25, 0.3) is 0 Å². The van der Waals surface area contributed by atoms with Crippen LogP contribution in [0.2, 0.25) is 0 Å². The van der Waals surface area contributed by atoms with Crippen LogP contribution in [0.15, 0.2) is 24.3 Å². The molecule has 0 saturated carbocycles. The van der Waals surface area contributed by atoms with E-state index in [9.17, 15) is 9.90 Å². The number of fused-ring (bicyclic) bond motifs is 1. The molecule has 1 aliphatic carbocycles. The lowest BCUT2D eigenvalue weighted by Crippen LogP contribution is -2.37. The topological polar surface area (TPSA) is 49.3 Å². The van der Waals surface area contributed by atoms with Crippen molar-refractivity contribution in [1.82, 2.24) is 5.32 Å². The maximum Gasteiger partial charge on any atom is 0.307 e. The van der Waals surface area contributed by atoms with Crippen molar-refractivity contribution >= 4 is 5.97 Å². The summed E-state index contributed by atoms with van der Waals surface area (Å²) in [5.74, 6) is -0.538. The number of hydrogen-bond donors (Lipinski definition) is 2. The van der Waals surface area contributed by atoms with E-state index in [1.165, 1.54) is 11.1 Å². The minimum Gasteiger partial charge on any atom is -0.481 e. The van der Waals surface area contributed by atoms with Crippen LogP contribution in [-0.4, -0.2) is 23.7 Å². The third-order valence-corrected chi connectivity index (χ3v) is 3.81. The Labute approximate surface area is 115 Å². The van der Waals surface area contributed by atoms with E-state index in [-0.39, 0.29) is 5.92 Å². The second kappa shape index (κ2) is 6.20. The van der Waals surface area contributed by atoms with Crippen LogP contribution in [0, 0.1) is 11.8 Å². The number of carboxylic acids is 1. The summed E-state index contributed by atoms with van der Waals surface area (Å²) in [6, 6.07) is 8.87. The zero-order chi connectivity index (χ0) is 13.8. The highest BCUT2D eigenvalue weighted by atomic mass is 16.4. The molecular weight excluding hydrogens is 238 g/mol. The van der Waals surface area contributed by atoms with E-state index in [2.05, 4.69) is 43.4 Å². The van der Waals surface area contributed by atoms with Crippen molar-refractivity contribution in [2.45, 2.75) is 39.2 Å². The van der Waals surface area contributed by atoms with Crippen LogP contribution in [0.5, 0.6) is 0 Å². The average molecular weight is 261 g/mol. The van der Waals surface area contributed by atoms with Crippen LogP contribution in [0.3, 0.4) is 0 Å². The Bertz CT molecular complexity index is 417. The van der Waals surface area contributed by atoms with Crippen LogP contribution < -0.4 is 5.32 Å². The smallest absolute Gasteiger partial charge is 0.307 e. The lowest BCUT2D eigenvalue weighted by Gasteiger charge is -2.18. The highest BCUT2D eigenvalue weighted by Gasteiger charge is 2.24. The average Bonchev–Trinajstić information content (AvgIpc) is 2.76. The Balaban J connectivity index is 1.85. The first kappa shape index (κ1) is 14.1. The fraction of sp³-hybridized carbons (Fsp3) is 0.562. The van der Waals surface area contributed by atoms with Gasteiger partial charge in [-0.2, -0.15) is 0 Å². The molecule has 1 unspecified atom stereocenters. The molecule has 19 heavy (non-hydrogen) atoms. The quantitative estimate of drug-likeness (QED) is 0.827. The van der Waals surface area contributed by atoms with Crippen LogP contribution >= 0.6 is 0 Å². The molecular formula is C16H23NO2. The molecule has 0 bridgehead atoms. The van der Waals surface area contributed by atoms with E-state index < -0.39 is 5.97 Å². The lowest BCUT2D eigenvalue weighted by molar-refractivity contribution is -0.142. The molecule has 1 aromatic rings. The molecule has 0 fully saturated rings. The zero-order valence-corrected chi connectivity index (χ0v) is 11.7. The van der Waals surface area contributed by atoms with Gasteiger partial charge in [-0.1, -0.05) is 38.1 Å². The van der Waals surface area contributed by atoms with E-state index in [4.69, 9.17) is 0 Å². The number of hydrogen-bond acceptors (Lipinski definition) is 2. The first-order valence-corrected chi connectivity index (χ1v) is 7.09. The van der Waals surface area contributed by atoms with E-state index in [0.29, 0.717) is 18.5 Å². The van der Waals surface area contributed by atoms with E-state index >= 15 is 0 Å². The highest BCUT2D eigenvalue weighted by Crippen LogP contribution is 2.22. The molecule has 104 valence electrons. The number of carboxylic acid groups (broad SMARTS) is 1.